The summed E-state index contributed by atoms with van der Waals surface area (Å²) in [7, 11) is 0. The van der Waals surface area contributed by atoms with Crippen molar-refractivity contribution in [3.8, 4) is 0 Å². The highest BCUT2D eigenvalue weighted by Crippen LogP contribution is 2.35. The van der Waals surface area contributed by atoms with Crippen molar-refractivity contribution in [2.75, 3.05) is 13.1 Å². The molecule has 0 spiro atoms. The molecule has 0 amide bonds. The minimum Gasteiger partial charge on any atom is -0.393 e. The second-order valence-corrected chi connectivity index (χ2v) is 5.53. The van der Waals surface area contributed by atoms with Crippen LogP contribution in [0.25, 0.3) is 0 Å². The quantitative estimate of drug-likeness (QED) is 0.749. The van der Waals surface area contributed by atoms with Gasteiger partial charge in [0, 0.05) is 19.0 Å². The monoisotopic (exact) mass is 226 g/mol. The molecule has 0 aromatic carbocycles. The summed E-state index contributed by atoms with van der Waals surface area (Å²) in [4.78, 5) is 3.32. The summed E-state index contributed by atoms with van der Waals surface area (Å²) in [6, 6.07) is 0.849. The van der Waals surface area contributed by atoms with E-state index in [1.807, 2.05) is 0 Å². The Morgan fingerprint density at radius 3 is 2.73 bits per heavy atom. The average Bonchev–Trinajstić information content (AvgIpc) is 2.26. The Bertz CT molecular complexity index is 228. The number of hydrogen-bond donors (Lipinski definition) is 1. The van der Waals surface area contributed by atoms with Gasteiger partial charge in [0.15, 0.2) is 0 Å². The van der Waals surface area contributed by atoms with Crippen LogP contribution < -0.4 is 5.73 Å². The molecule has 0 aromatic heterocycles. The van der Waals surface area contributed by atoms with E-state index in [4.69, 9.17) is 18.0 Å². The minimum absolute atomic E-state index is 0.674. The molecule has 2 nitrogen and oxygen atoms in total. The van der Waals surface area contributed by atoms with Crippen LogP contribution in [0.5, 0.6) is 0 Å². The highest BCUT2D eigenvalue weighted by atomic mass is 32.1. The molecular weight excluding hydrogens is 204 g/mol. The number of rotatable bonds is 3. The number of thiocarbonyl (C=S) groups is 1. The summed E-state index contributed by atoms with van der Waals surface area (Å²) < 4.78 is 0. The van der Waals surface area contributed by atoms with E-state index < -0.39 is 0 Å². The van der Waals surface area contributed by atoms with Gasteiger partial charge in [-0.1, -0.05) is 25.1 Å². The van der Waals surface area contributed by atoms with Gasteiger partial charge in [0.05, 0.1) is 4.99 Å². The van der Waals surface area contributed by atoms with Gasteiger partial charge in [-0.2, -0.15) is 0 Å². The van der Waals surface area contributed by atoms with Crippen LogP contribution >= 0.6 is 12.2 Å². The molecular formula is C12H22N2S. The maximum Gasteiger partial charge on any atom is 0.0740 e. The number of nitrogens with zero attached hydrogens (tertiary/aromatic N) is 1. The zero-order valence-corrected chi connectivity index (χ0v) is 10.3. The summed E-state index contributed by atoms with van der Waals surface area (Å²) in [5.41, 5.74) is 5.58. The van der Waals surface area contributed by atoms with Crippen molar-refractivity contribution in [1.29, 1.82) is 0 Å². The van der Waals surface area contributed by atoms with Crippen LogP contribution in [-0.4, -0.2) is 29.0 Å². The number of fused-ring (bicyclic) bond motifs is 1. The number of likely N-dealkylation sites (tertiary alicyclic amines) is 1. The second kappa shape index (κ2) is 5.26. The van der Waals surface area contributed by atoms with E-state index in [1.165, 1.54) is 45.1 Å². The fraction of sp³-hybridized carbons (Fsp3) is 0.917. The molecule has 3 heteroatoms. The highest BCUT2D eigenvalue weighted by molar-refractivity contribution is 7.80. The third-order valence-electron chi connectivity index (χ3n) is 4.00. The summed E-state index contributed by atoms with van der Waals surface area (Å²) >= 11 is 4.96. The van der Waals surface area contributed by atoms with Crippen molar-refractivity contribution >= 4 is 17.2 Å². The van der Waals surface area contributed by atoms with E-state index in [0.29, 0.717) is 4.99 Å². The van der Waals surface area contributed by atoms with Crippen LogP contribution in [0.2, 0.25) is 0 Å². The predicted octanol–water partition coefficient (Wildman–Crippen LogP) is 2.32. The maximum absolute atomic E-state index is 5.58. The fourth-order valence-electron chi connectivity index (χ4n) is 3.26. The molecule has 1 saturated carbocycles. The van der Waals surface area contributed by atoms with Gasteiger partial charge in [0.25, 0.3) is 0 Å². The Labute approximate surface area is 98.2 Å². The Hall–Kier alpha value is -0.150. The Morgan fingerprint density at radius 1 is 1.20 bits per heavy atom. The molecule has 2 N–H and O–H groups in total. The van der Waals surface area contributed by atoms with Gasteiger partial charge in [-0.25, -0.2) is 0 Å². The van der Waals surface area contributed by atoms with Crippen LogP contribution in [0.4, 0.5) is 0 Å². The van der Waals surface area contributed by atoms with Crippen molar-refractivity contribution < 1.29 is 0 Å². The van der Waals surface area contributed by atoms with E-state index >= 15 is 0 Å². The molecule has 2 atom stereocenters. The molecule has 1 heterocycles. The second-order valence-electron chi connectivity index (χ2n) is 5.01. The Morgan fingerprint density at radius 2 is 1.93 bits per heavy atom. The predicted molar refractivity (Wildman–Crippen MR) is 68.0 cm³/mol. The van der Waals surface area contributed by atoms with E-state index in [1.54, 1.807) is 0 Å². The average molecular weight is 226 g/mol. The van der Waals surface area contributed by atoms with Gasteiger partial charge in [-0.15, -0.1) is 0 Å². The van der Waals surface area contributed by atoms with E-state index in [2.05, 4.69) is 4.90 Å². The number of nitrogens with two attached hydrogens (primary N) is 1. The standard InChI is InChI=1S/C12H22N2S/c13-12(15)7-9-14-8-3-5-10-4-1-2-6-11(10)14/h10-11H,1-9H2,(H2,13,15). The van der Waals surface area contributed by atoms with Crippen molar-refractivity contribution in [1.82, 2.24) is 4.90 Å². The van der Waals surface area contributed by atoms with Gasteiger partial charge in [0.2, 0.25) is 0 Å². The lowest BCUT2D eigenvalue weighted by Gasteiger charge is -2.44. The van der Waals surface area contributed by atoms with Crippen molar-refractivity contribution in [2.45, 2.75) is 51.0 Å². The SMILES string of the molecule is NC(=S)CCN1CCCC2CCCCC21. The molecule has 1 saturated heterocycles. The molecule has 1 aliphatic carbocycles. The molecule has 2 aliphatic rings. The van der Waals surface area contributed by atoms with Crippen LogP contribution in [0.15, 0.2) is 0 Å². The van der Waals surface area contributed by atoms with E-state index in [-0.39, 0.29) is 0 Å². The first-order valence-corrected chi connectivity index (χ1v) is 6.70. The lowest BCUT2D eigenvalue weighted by atomic mass is 9.78. The summed E-state index contributed by atoms with van der Waals surface area (Å²) in [5, 5.41) is 0. The van der Waals surface area contributed by atoms with Crippen LogP contribution in [0, 0.1) is 5.92 Å². The smallest absolute Gasteiger partial charge is 0.0740 e. The maximum atomic E-state index is 5.58. The van der Waals surface area contributed by atoms with Gasteiger partial charge >= 0.3 is 0 Å². The first-order chi connectivity index (χ1) is 7.27. The van der Waals surface area contributed by atoms with Gasteiger partial charge in [-0.3, -0.25) is 4.90 Å². The first-order valence-electron chi connectivity index (χ1n) is 6.30. The first kappa shape index (κ1) is 11.3. The highest BCUT2D eigenvalue weighted by Gasteiger charge is 2.32. The molecule has 15 heavy (non-hydrogen) atoms. The molecule has 0 bridgehead atoms. The van der Waals surface area contributed by atoms with Crippen LogP contribution in [0.1, 0.15) is 44.9 Å². The van der Waals surface area contributed by atoms with Gasteiger partial charge in [0.1, 0.15) is 0 Å². The van der Waals surface area contributed by atoms with Crippen molar-refractivity contribution in [2.24, 2.45) is 11.7 Å². The lowest BCUT2D eigenvalue weighted by Crippen LogP contribution is -2.47. The van der Waals surface area contributed by atoms with Gasteiger partial charge in [-0.05, 0) is 38.1 Å². The van der Waals surface area contributed by atoms with Gasteiger partial charge < -0.3 is 5.73 Å². The molecule has 1 aliphatic heterocycles. The normalized spacial score (nSPS) is 32.3. The van der Waals surface area contributed by atoms with E-state index in [9.17, 15) is 0 Å². The third-order valence-corrected chi connectivity index (χ3v) is 4.21. The molecule has 86 valence electrons. The van der Waals surface area contributed by atoms with Crippen LogP contribution in [-0.2, 0) is 0 Å². The molecule has 2 rings (SSSR count). The molecule has 0 radical (unpaired) electrons. The summed E-state index contributed by atoms with van der Waals surface area (Å²) in [6.45, 7) is 2.36. The summed E-state index contributed by atoms with van der Waals surface area (Å²) in [5.74, 6) is 0.971. The lowest BCUT2D eigenvalue weighted by molar-refractivity contribution is 0.0635. The number of hydrogen-bond acceptors (Lipinski definition) is 2. The summed E-state index contributed by atoms with van der Waals surface area (Å²) in [6.07, 6.45) is 9.45. The fourth-order valence-corrected chi connectivity index (χ4v) is 3.35. The zero-order valence-electron chi connectivity index (χ0n) is 9.45. The molecule has 2 fully saturated rings. The van der Waals surface area contributed by atoms with Crippen molar-refractivity contribution in [3.05, 3.63) is 0 Å². The third kappa shape index (κ3) is 2.91. The van der Waals surface area contributed by atoms with E-state index in [0.717, 1.165) is 24.9 Å². The molecule has 2 unspecified atom stereocenters. The Kier molecular flexibility index (Phi) is 3.98. The minimum atomic E-state index is 0.674. The largest absolute Gasteiger partial charge is 0.393 e. The Balaban J connectivity index is 1.88. The topological polar surface area (TPSA) is 29.3 Å². The molecule has 0 aromatic rings. The van der Waals surface area contributed by atoms with Crippen LogP contribution in [0.3, 0.4) is 0 Å². The zero-order chi connectivity index (χ0) is 10.7. The number of piperidine rings is 1. The van der Waals surface area contributed by atoms with Crippen molar-refractivity contribution in [3.63, 3.8) is 0 Å².